The number of amides is 1. The van der Waals surface area contributed by atoms with E-state index in [1.165, 1.54) is 0 Å². The maximum absolute atomic E-state index is 12.3. The number of carbonyl (C=O) groups excluding carboxylic acids is 1. The molecule has 0 fully saturated rings. The van der Waals surface area contributed by atoms with Crippen LogP contribution in [0, 0.1) is 0 Å². The number of benzene rings is 2. The van der Waals surface area contributed by atoms with Crippen LogP contribution in [0.3, 0.4) is 0 Å². The first kappa shape index (κ1) is 15.1. The van der Waals surface area contributed by atoms with Crippen LogP contribution in [-0.2, 0) is 11.2 Å². The van der Waals surface area contributed by atoms with Gasteiger partial charge in [-0.3, -0.25) is 4.79 Å². The van der Waals surface area contributed by atoms with Gasteiger partial charge < -0.3 is 20.8 Å². The summed E-state index contributed by atoms with van der Waals surface area (Å²) in [5.74, 6) is 0.469. The largest absolute Gasteiger partial charge is 0.497 e. The summed E-state index contributed by atoms with van der Waals surface area (Å²) in [7, 11) is 1.59. The van der Waals surface area contributed by atoms with Gasteiger partial charge in [-0.1, -0.05) is 24.3 Å². The van der Waals surface area contributed by atoms with E-state index in [1.54, 1.807) is 19.2 Å². The summed E-state index contributed by atoms with van der Waals surface area (Å²) in [4.78, 5) is 15.5. The summed E-state index contributed by atoms with van der Waals surface area (Å²) in [6.07, 6.45) is 2.38. The first-order valence-corrected chi connectivity index (χ1v) is 7.43. The minimum Gasteiger partial charge on any atom is -0.497 e. The second kappa shape index (κ2) is 6.54. The number of ether oxygens (including phenoxy) is 1. The Morgan fingerprint density at radius 3 is 2.91 bits per heavy atom. The van der Waals surface area contributed by atoms with Crippen LogP contribution in [0.25, 0.3) is 10.9 Å². The number of nitrogens with one attached hydrogen (secondary N) is 2. The van der Waals surface area contributed by atoms with Gasteiger partial charge in [-0.2, -0.15) is 0 Å². The Morgan fingerprint density at radius 1 is 1.26 bits per heavy atom. The molecule has 0 radical (unpaired) electrons. The van der Waals surface area contributed by atoms with Crippen LogP contribution < -0.4 is 15.8 Å². The predicted octanol–water partition coefficient (Wildman–Crippen LogP) is 2.69. The van der Waals surface area contributed by atoms with Gasteiger partial charge in [-0.15, -0.1) is 0 Å². The molecular weight excluding hydrogens is 290 g/mol. The van der Waals surface area contributed by atoms with E-state index in [2.05, 4.69) is 10.3 Å². The van der Waals surface area contributed by atoms with Gasteiger partial charge in [-0.05, 0) is 30.2 Å². The second-order valence-electron chi connectivity index (χ2n) is 5.39. The molecule has 0 unspecified atom stereocenters. The molecule has 1 heterocycles. The highest BCUT2D eigenvalue weighted by Crippen LogP contribution is 2.20. The van der Waals surface area contributed by atoms with Gasteiger partial charge in [0.25, 0.3) is 0 Å². The van der Waals surface area contributed by atoms with E-state index in [0.717, 1.165) is 16.5 Å². The van der Waals surface area contributed by atoms with Crippen molar-refractivity contribution in [2.45, 2.75) is 12.5 Å². The zero-order chi connectivity index (χ0) is 16.2. The summed E-state index contributed by atoms with van der Waals surface area (Å²) >= 11 is 0. The summed E-state index contributed by atoms with van der Waals surface area (Å²) < 4.78 is 5.14. The van der Waals surface area contributed by atoms with Gasteiger partial charge in [0.15, 0.2) is 0 Å². The first-order valence-electron chi connectivity index (χ1n) is 7.43. The lowest BCUT2D eigenvalue weighted by Crippen LogP contribution is -2.37. The Bertz CT molecular complexity index is 826. The van der Waals surface area contributed by atoms with Crippen molar-refractivity contribution in [3.63, 3.8) is 0 Å². The van der Waals surface area contributed by atoms with E-state index >= 15 is 0 Å². The molecule has 5 nitrogen and oxygen atoms in total. The maximum atomic E-state index is 12.3. The molecule has 118 valence electrons. The number of fused-ring (bicyclic) bond motifs is 1. The van der Waals surface area contributed by atoms with E-state index in [0.29, 0.717) is 17.9 Å². The molecule has 23 heavy (non-hydrogen) atoms. The number of anilines is 1. The molecule has 1 amide bonds. The number of para-hydroxylation sites is 1. The van der Waals surface area contributed by atoms with Crippen LogP contribution in [-0.4, -0.2) is 24.0 Å². The molecule has 0 saturated heterocycles. The lowest BCUT2D eigenvalue weighted by molar-refractivity contribution is -0.117. The molecule has 0 saturated carbocycles. The van der Waals surface area contributed by atoms with E-state index in [-0.39, 0.29) is 5.91 Å². The number of methoxy groups -OCH3 is 1. The first-order chi connectivity index (χ1) is 11.2. The quantitative estimate of drug-likeness (QED) is 0.678. The van der Waals surface area contributed by atoms with Crippen molar-refractivity contribution in [2.75, 3.05) is 12.4 Å². The highest BCUT2D eigenvalue weighted by atomic mass is 16.5. The molecule has 0 aliphatic rings. The SMILES string of the molecule is COc1cccc(NC(=O)[C@@H](N)Cc2c[nH]c3ccccc23)c1. The van der Waals surface area contributed by atoms with Crippen molar-refractivity contribution < 1.29 is 9.53 Å². The fraction of sp³-hybridized carbons (Fsp3) is 0.167. The Hall–Kier alpha value is -2.79. The molecule has 1 aromatic heterocycles. The number of hydrogen-bond donors (Lipinski definition) is 3. The van der Waals surface area contributed by atoms with Crippen molar-refractivity contribution in [3.05, 3.63) is 60.3 Å². The number of aromatic amines is 1. The monoisotopic (exact) mass is 309 g/mol. The fourth-order valence-corrected chi connectivity index (χ4v) is 2.57. The number of nitrogens with two attached hydrogens (primary N) is 1. The minimum atomic E-state index is -0.625. The molecule has 3 rings (SSSR count). The second-order valence-corrected chi connectivity index (χ2v) is 5.39. The Labute approximate surface area is 134 Å². The molecule has 1 atom stereocenters. The van der Waals surface area contributed by atoms with Gasteiger partial charge in [0.05, 0.1) is 13.2 Å². The third-order valence-electron chi connectivity index (χ3n) is 3.79. The highest BCUT2D eigenvalue weighted by molar-refractivity contribution is 5.95. The van der Waals surface area contributed by atoms with Crippen LogP contribution in [0.5, 0.6) is 5.75 Å². The van der Waals surface area contributed by atoms with Gasteiger partial charge in [-0.25, -0.2) is 0 Å². The Kier molecular flexibility index (Phi) is 4.30. The molecule has 3 aromatic rings. The lowest BCUT2D eigenvalue weighted by atomic mass is 10.0. The zero-order valence-electron chi connectivity index (χ0n) is 12.9. The van der Waals surface area contributed by atoms with Crippen molar-refractivity contribution >= 4 is 22.5 Å². The van der Waals surface area contributed by atoms with Crippen LogP contribution in [0.1, 0.15) is 5.56 Å². The van der Waals surface area contributed by atoms with E-state index in [9.17, 15) is 4.79 Å². The minimum absolute atomic E-state index is 0.219. The molecule has 0 spiro atoms. The van der Waals surface area contributed by atoms with E-state index in [4.69, 9.17) is 10.5 Å². The third-order valence-corrected chi connectivity index (χ3v) is 3.79. The maximum Gasteiger partial charge on any atom is 0.241 e. The molecule has 0 aliphatic carbocycles. The smallest absolute Gasteiger partial charge is 0.241 e. The lowest BCUT2D eigenvalue weighted by Gasteiger charge is -2.12. The summed E-state index contributed by atoms with van der Waals surface area (Å²) in [5.41, 5.74) is 8.81. The number of aromatic nitrogens is 1. The number of carbonyl (C=O) groups is 1. The van der Waals surface area contributed by atoms with Gasteiger partial charge in [0, 0.05) is 28.9 Å². The van der Waals surface area contributed by atoms with Crippen LogP contribution >= 0.6 is 0 Å². The van der Waals surface area contributed by atoms with Gasteiger partial charge >= 0.3 is 0 Å². The molecule has 5 heteroatoms. The topological polar surface area (TPSA) is 80.1 Å². The molecule has 0 bridgehead atoms. The van der Waals surface area contributed by atoms with Gasteiger partial charge in [0.1, 0.15) is 5.75 Å². The molecule has 2 aromatic carbocycles. The average molecular weight is 309 g/mol. The molecule has 4 N–H and O–H groups in total. The third kappa shape index (κ3) is 3.35. The number of hydrogen-bond acceptors (Lipinski definition) is 3. The normalized spacial score (nSPS) is 12.1. The summed E-state index contributed by atoms with van der Waals surface area (Å²) in [6.45, 7) is 0. The molecular formula is C18H19N3O2. The predicted molar refractivity (Wildman–Crippen MR) is 91.6 cm³/mol. The Morgan fingerprint density at radius 2 is 2.09 bits per heavy atom. The van der Waals surface area contributed by atoms with Crippen molar-refractivity contribution in [3.8, 4) is 5.75 Å². The Balaban J connectivity index is 1.70. The number of H-pyrrole nitrogens is 1. The average Bonchev–Trinajstić information content (AvgIpc) is 2.98. The molecule has 0 aliphatic heterocycles. The van der Waals surface area contributed by atoms with Crippen molar-refractivity contribution in [2.24, 2.45) is 5.73 Å². The van der Waals surface area contributed by atoms with Crippen LogP contribution in [0.2, 0.25) is 0 Å². The zero-order valence-corrected chi connectivity index (χ0v) is 12.9. The van der Waals surface area contributed by atoms with Crippen molar-refractivity contribution in [1.82, 2.24) is 4.98 Å². The van der Waals surface area contributed by atoms with E-state index < -0.39 is 6.04 Å². The summed E-state index contributed by atoms with van der Waals surface area (Å²) in [5, 5.41) is 3.92. The van der Waals surface area contributed by atoms with E-state index in [1.807, 2.05) is 42.6 Å². The standard InChI is InChI=1S/C18H19N3O2/c1-23-14-6-4-5-13(10-14)21-18(22)16(19)9-12-11-20-17-8-3-2-7-15(12)17/h2-8,10-11,16,20H,9,19H2,1H3,(H,21,22)/t16-/m0/s1. The van der Waals surface area contributed by atoms with Crippen LogP contribution in [0.4, 0.5) is 5.69 Å². The van der Waals surface area contributed by atoms with Crippen LogP contribution in [0.15, 0.2) is 54.7 Å². The van der Waals surface area contributed by atoms with Gasteiger partial charge in [0.2, 0.25) is 5.91 Å². The fourth-order valence-electron chi connectivity index (χ4n) is 2.57. The summed E-state index contributed by atoms with van der Waals surface area (Å²) in [6, 6.07) is 14.5. The number of rotatable bonds is 5. The highest BCUT2D eigenvalue weighted by Gasteiger charge is 2.16. The van der Waals surface area contributed by atoms with Crippen molar-refractivity contribution in [1.29, 1.82) is 0 Å².